The Kier molecular flexibility index (Phi) is 3.47. The van der Waals surface area contributed by atoms with Crippen molar-refractivity contribution in [2.24, 2.45) is 5.73 Å². The Balaban J connectivity index is 0.00000121. The van der Waals surface area contributed by atoms with Crippen LogP contribution >= 0.6 is 12.4 Å². The van der Waals surface area contributed by atoms with E-state index in [2.05, 4.69) is 14.7 Å². The van der Waals surface area contributed by atoms with E-state index in [1.165, 1.54) is 0 Å². The van der Waals surface area contributed by atoms with Crippen LogP contribution in [0, 0.1) is 0 Å². The number of rotatable bonds is 1. The molecule has 8 heteroatoms. The van der Waals surface area contributed by atoms with E-state index in [1.54, 1.807) is 0 Å². The molecule has 70 valence electrons. The molecule has 0 atom stereocenters. The van der Waals surface area contributed by atoms with E-state index in [1.807, 2.05) is 0 Å². The van der Waals surface area contributed by atoms with Crippen LogP contribution in [0.25, 0.3) is 0 Å². The summed E-state index contributed by atoms with van der Waals surface area (Å²) in [7, 11) is 0. The summed E-state index contributed by atoms with van der Waals surface area (Å²) in [6.07, 6.45) is -4.58. The van der Waals surface area contributed by atoms with Crippen molar-refractivity contribution in [2.45, 2.75) is 12.7 Å². The van der Waals surface area contributed by atoms with Crippen molar-refractivity contribution in [1.29, 1.82) is 0 Å². The molecule has 0 saturated heterocycles. The van der Waals surface area contributed by atoms with Crippen LogP contribution in [-0.2, 0) is 12.7 Å². The topological polar surface area (TPSA) is 64.9 Å². The Labute approximate surface area is 71.3 Å². The van der Waals surface area contributed by atoms with Crippen LogP contribution < -0.4 is 5.73 Å². The van der Waals surface area contributed by atoms with E-state index in [0.717, 1.165) is 0 Å². The van der Waals surface area contributed by atoms with E-state index in [9.17, 15) is 13.2 Å². The molecule has 0 fully saturated rings. The van der Waals surface area contributed by atoms with Crippen LogP contribution in [0.5, 0.6) is 0 Å². The highest BCUT2D eigenvalue weighted by molar-refractivity contribution is 5.85. The molecule has 0 amide bonds. The number of hydrogen-bond acceptors (Lipinski definition) is 4. The highest BCUT2D eigenvalue weighted by atomic mass is 35.5. The van der Waals surface area contributed by atoms with Crippen molar-refractivity contribution >= 4 is 12.4 Å². The molecule has 4 nitrogen and oxygen atoms in total. The van der Waals surface area contributed by atoms with Crippen molar-refractivity contribution in [3.8, 4) is 0 Å². The van der Waals surface area contributed by atoms with E-state index in [-0.39, 0.29) is 24.8 Å². The van der Waals surface area contributed by atoms with Gasteiger partial charge in [0.15, 0.2) is 5.82 Å². The number of nitrogens with zero attached hydrogens (tertiary/aromatic N) is 2. The molecule has 12 heavy (non-hydrogen) atoms. The van der Waals surface area contributed by atoms with E-state index in [4.69, 9.17) is 5.73 Å². The summed E-state index contributed by atoms with van der Waals surface area (Å²) in [5, 5.41) is 2.97. The lowest BCUT2D eigenvalue weighted by Crippen LogP contribution is -2.06. The Morgan fingerprint density at radius 2 is 2.00 bits per heavy atom. The second-order valence-electron chi connectivity index (χ2n) is 1.72. The lowest BCUT2D eigenvalue weighted by molar-refractivity contribution is -0.159. The number of alkyl halides is 3. The van der Waals surface area contributed by atoms with Gasteiger partial charge >= 0.3 is 12.1 Å². The quantitative estimate of drug-likeness (QED) is 0.739. The first-order valence-corrected chi connectivity index (χ1v) is 2.64. The molecule has 2 N–H and O–H groups in total. The van der Waals surface area contributed by atoms with Gasteiger partial charge in [-0.3, -0.25) is 0 Å². The van der Waals surface area contributed by atoms with Gasteiger partial charge in [-0.1, -0.05) is 5.16 Å². The maximum absolute atomic E-state index is 11.7. The minimum absolute atomic E-state index is 0. The SMILES string of the molecule is Cl.NCc1noc(C(F)(F)F)n1. The van der Waals surface area contributed by atoms with Gasteiger partial charge in [0, 0.05) is 0 Å². The van der Waals surface area contributed by atoms with Gasteiger partial charge in [-0.25, -0.2) is 0 Å². The zero-order valence-electron chi connectivity index (χ0n) is 5.63. The summed E-state index contributed by atoms with van der Waals surface area (Å²) >= 11 is 0. The Morgan fingerprint density at radius 1 is 1.42 bits per heavy atom. The fraction of sp³-hybridized carbons (Fsp3) is 0.500. The fourth-order valence-electron chi connectivity index (χ4n) is 0.452. The van der Waals surface area contributed by atoms with E-state index >= 15 is 0 Å². The summed E-state index contributed by atoms with van der Waals surface area (Å²) in [4.78, 5) is 2.97. The van der Waals surface area contributed by atoms with Gasteiger partial charge in [-0.15, -0.1) is 12.4 Å². The van der Waals surface area contributed by atoms with Crippen molar-refractivity contribution in [2.75, 3.05) is 0 Å². The van der Waals surface area contributed by atoms with E-state index in [0.29, 0.717) is 0 Å². The highest BCUT2D eigenvalue weighted by Crippen LogP contribution is 2.26. The Bertz CT molecular complexity index is 248. The average Bonchev–Trinajstić information content (AvgIpc) is 2.32. The molecule has 1 rings (SSSR count). The van der Waals surface area contributed by atoms with Crippen molar-refractivity contribution < 1.29 is 17.7 Å². The molecule has 0 unspecified atom stereocenters. The molecule has 1 aromatic heterocycles. The molecular weight excluding hydrogens is 199 g/mol. The minimum atomic E-state index is -4.58. The standard InChI is InChI=1S/C4H4F3N3O.ClH/c5-4(6,7)3-9-2(1-8)10-11-3;/h1,8H2;1H. The minimum Gasteiger partial charge on any atom is -0.329 e. The zero-order chi connectivity index (χ0) is 8.48. The summed E-state index contributed by atoms with van der Waals surface area (Å²) in [5.41, 5.74) is 4.95. The monoisotopic (exact) mass is 203 g/mol. The lowest BCUT2D eigenvalue weighted by atomic mass is 10.6. The number of halogens is 4. The number of nitrogens with two attached hydrogens (primary N) is 1. The van der Waals surface area contributed by atoms with Gasteiger partial charge < -0.3 is 10.3 Å². The van der Waals surface area contributed by atoms with Gasteiger partial charge in [-0.2, -0.15) is 18.2 Å². The normalized spacial score (nSPS) is 11.0. The Morgan fingerprint density at radius 3 is 2.25 bits per heavy atom. The maximum Gasteiger partial charge on any atom is 0.471 e. The van der Waals surface area contributed by atoms with Gasteiger partial charge in [0.05, 0.1) is 6.54 Å². The first-order chi connectivity index (χ1) is 5.04. The summed E-state index contributed by atoms with van der Waals surface area (Å²) in [6.45, 7) is -0.167. The summed E-state index contributed by atoms with van der Waals surface area (Å²) in [6, 6.07) is 0. The summed E-state index contributed by atoms with van der Waals surface area (Å²) in [5.74, 6) is -1.52. The van der Waals surface area contributed by atoms with Crippen LogP contribution in [0.15, 0.2) is 4.52 Å². The third-order valence-corrected chi connectivity index (χ3v) is 0.893. The molecule has 1 aromatic rings. The Hall–Kier alpha value is -0.820. The van der Waals surface area contributed by atoms with Crippen molar-refractivity contribution in [1.82, 2.24) is 10.1 Å². The number of hydrogen-bond donors (Lipinski definition) is 1. The largest absolute Gasteiger partial charge is 0.471 e. The second-order valence-corrected chi connectivity index (χ2v) is 1.72. The van der Waals surface area contributed by atoms with Crippen molar-refractivity contribution in [3.05, 3.63) is 11.7 Å². The predicted octanol–water partition coefficient (Wildman–Crippen LogP) is 0.969. The summed E-state index contributed by atoms with van der Waals surface area (Å²) < 4.78 is 39.0. The molecule has 0 aliphatic carbocycles. The molecule has 0 bridgehead atoms. The molecular formula is C4H5ClF3N3O. The third kappa shape index (κ3) is 2.35. The molecule has 1 heterocycles. The molecule has 0 spiro atoms. The van der Waals surface area contributed by atoms with Crippen LogP contribution in [-0.4, -0.2) is 10.1 Å². The van der Waals surface area contributed by atoms with Crippen LogP contribution in [0.1, 0.15) is 11.7 Å². The third-order valence-electron chi connectivity index (χ3n) is 0.893. The fourth-order valence-corrected chi connectivity index (χ4v) is 0.452. The van der Waals surface area contributed by atoms with Gasteiger partial charge in [0.25, 0.3) is 0 Å². The van der Waals surface area contributed by atoms with Gasteiger partial charge in [0.1, 0.15) is 0 Å². The van der Waals surface area contributed by atoms with E-state index < -0.39 is 12.1 Å². The van der Waals surface area contributed by atoms with Gasteiger partial charge in [0.2, 0.25) is 0 Å². The molecule has 0 aliphatic heterocycles. The van der Waals surface area contributed by atoms with Crippen LogP contribution in [0.3, 0.4) is 0 Å². The number of aromatic nitrogens is 2. The average molecular weight is 204 g/mol. The first kappa shape index (κ1) is 11.2. The first-order valence-electron chi connectivity index (χ1n) is 2.64. The maximum atomic E-state index is 11.7. The predicted molar refractivity (Wildman–Crippen MR) is 34.4 cm³/mol. The second kappa shape index (κ2) is 3.72. The molecule has 0 aliphatic rings. The smallest absolute Gasteiger partial charge is 0.329 e. The van der Waals surface area contributed by atoms with Crippen LogP contribution in [0.2, 0.25) is 0 Å². The van der Waals surface area contributed by atoms with Crippen LogP contribution in [0.4, 0.5) is 13.2 Å². The zero-order valence-corrected chi connectivity index (χ0v) is 6.45. The van der Waals surface area contributed by atoms with Crippen molar-refractivity contribution in [3.63, 3.8) is 0 Å². The van der Waals surface area contributed by atoms with Gasteiger partial charge in [-0.05, 0) is 0 Å². The molecule has 0 saturated carbocycles. The molecule has 0 aromatic carbocycles. The highest BCUT2D eigenvalue weighted by Gasteiger charge is 2.38. The molecule has 0 radical (unpaired) electrons. The lowest BCUT2D eigenvalue weighted by Gasteiger charge is -1.95.